The number of benzene rings is 3. The van der Waals surface area contributed by atoms with Crippen LogP contribution in [0.4, 0.5) is 5.69 Å². The van der Waals surface area contributed by atoms with Gasteiger partial charge in [-0.25, -0.2) is 13.4 Å². The molecule has 0 saturated heterocycles. The number of carbonyl (C=O) groups excluding carboxylic acids is 1. The lowest BCUT2D eigenvalue weighted by molar-refractivity contribution is -0.117. The fourth-order valence-electron chi connectivity index (χ4n) is 3.71. The number of aromatic nitrogens is 1. The highest BCUT2D eigenvalue weighted by molar-refractivity contribution is 7.89. The molecular formula is C28H28N4O5S. The summed E-state index contributed by atoms with van der Waals surface area (Å²) in [7, 11) is -2.88. The van der Waals surface area contributed by atoms with Gasteiger partial charge >= 0.3 is 0 Å². The Hall–Kier alpha value is -4.25. The van der Waals surface area contributed by atoms with Crippen LogP contribution in [0.3, 0.4) is 0 Å². The lowest BCUT2D eigenvalue weighted by Gasteiger charge is -2.20. The van der Waals surface area contributed by atoms with Crippen molar-refractivity contribution in [1.82, 2.24) is 9.71 Å². The Morgan fingerprint density at radius 1 is 0.947 bits per heavy atom. The quantitative estimate of drug-likeness (QED) is 0.268. The first-order valence-corrected chi connectivity index (χ1v) is 13.3. The van der Waals surface area contributed by atoms with Gasteiger partial charge in [0.05, 0.1) is 7.11 Å². The smallest absolute Gasteiger partial charge is 0.247 e. The minimum absolute atomic E-state index is 0.0838. The average molecular weight is 533 g/mol. The van der Waals surface area contributed by atoms with Gasteiger partial charge in [-0.05, 0) is 53.1 Å². The number of nitrogens with two attached hydrogens (primary N) is 1. The van der Waals surface area contributed by atoms with Gasteiger partial charge < -0.3 is 20.5 Å². The zero-order chi connectivity index (χ0) is 27.0. The third kappa shape index (κ3) is 6.74. The summed E-state index contributed by atoms with van der Waals surface area (Å²) < 4.78 is 40.1. The van der Waals surface area contributed by atoms with Crippen molar-refractivity contribution in [2.24, 2.45) is 5.73 Å². The summed E-state index contributed by atoms with van der Waals surface area (Å²) in [5.74, 6) is -0.0905. The fourth-order valence-corrected chi connectivity index (χ4v) is 5.02. The monoisotopic (exact) mass is 532 g/mol. The van der Waals surface area contributed by atoms with E-state index in [2.05, 4.69) is 15.0 Å². The molecule has 0 radical (unpaired) electrons. The van der Waals surface area contributed by atoms with E-state index in [4.69, 9.17) is 15.2 Å². The number of nitrogens with one attached hydrogen (secondary N) is 2. The molecule has 1 aromatic heterocycles. The molecule has 0 unspecified atom stereocenters. The van der Waals surface area contributed by atoms with Crippen LogP contribution in [-0.4, -0.2) is 26.4 Å². The van der Waals surface area contributed by atoms with E-state index in [0.29, 0.717) is 30.2 Å². The van der Waals surface area contributed by atoms with Gasteiger partial charge in [0.15, 0.2) is 0 Å². The second-order valence-electron chi connectivity index (χ2n) is 8.30. The van der Waals surface area contributed by atoms with Crippen molar-refractivity contribution in [2.45, 2.75) is 24.1 Å². The van der Waals surface area contributed by atoms with Gasteiger partial charge in [0.1, 0.15) is 23.3 Å². The largest absolute Gasteiger partial charge is 0.489 e. The molecule has 0 aliphatic carbocycles. The van der Waals surface area contributed by atoms with Crippen molar-refractivity contribution in [3.63, 3.8) is 0 Å². The molecule has 0 aliphatic heterocycles. The number of hydrogen-bond acceptors (Lipinski definition) is 7. The van der Waals surface area contributed by atoms with Crippen LogP contribution in [-0.2, 0) is 28.0 Å². The van der Waals surface area contributed by atoms with Crippen molar-refractivity contribution in [3.8, 4) is 11.6 Å². The number of amides is 1. The first-order valence-electron chi connectivity index (χ1n) is 11.8. The van der Waals surface area contributed by atoms with Crippen LogP contribution in [0.2, 0.25) is 0 Å². The normalized spacial score (nSPS) is 11.9. The van der Waals surface area contributed by atoms with Crippen molar-refractivity contribution in [3.05, 3.63) is 114 Å². The minimum Gasteiger partial charge on any atom is -0.489 e. The van der Waals surface area contributed by atoms with E-state index in [9.17, 15) is 13.2 Å². The maximum atomic E-state index is 13.4. The molecule has 0 fully saturated rings. The van der Waals surface area contributed by atoms with E-state index >= 15 is 0 Å². The van der Waals surface area contributed by atoms with Crippen molar-refractivity contribution in [1.29, 1.82) is 0 Å². The summed E-state index contributed by atoms with van der Waals surface area (Å²) in [6.07, 6.45) is 1.42. The van der Waals surface area contributed by atoms with Crippen LogP contribution in [0.15, 0.2) is 102 Å². The summed E-state index contributed by atoms with van der Waals surface area (Å²) >= 11 is 0. The van der Waals surface area contributed by atoms with E-state index < -0.39 is 22.0 Å². The predicted octanol–water partition coefficient (Wildman–Crippen LogP) is 3.79. The van der Waals surface area contributed by atoms with E-state index in [0.717, 1.165) is 11.1 Å². The number of anilines is 1. The maximum Gasteiger partial charge on any atom is 0.247 e. The van der Waals surface area contributed by atoms with Gasteiger partial charge in [-0.15, -0.1) is 0 Å². The molecular weight excluding hydrogens is 504 g/mol. The summed E-state index contributed by atoms with van der Waals surface area (Å²) in [5, 5.41) is 2.78. The van der Waals surface area contributed by atoms with Crippen molar-refractivity contribution < 1.29 is 22.7 Å². The summed E-state index contributed by atoms with van der Waals surface area (Å²) in [4.78, 5) is 17.2. The number of sulfonamides is 1. The van der Waals surface area contributed by atoms with Crippen LogP contribution in [0.25, 0.3) is 0 Å². The molecule has 3 aromatic carbocycles. The van der Waals surface area contributed by atoms with Crippen molar-refractivity contribution in [2.75, 3.05) is 12.4 Å². The van der Waals surface area contributed by atoms with E-state index in [1.54, 1.807) is 42.5 Å². The maximum absolute atomic E-state index is 13.4. The van der Waals surface area contributed by atoms with Crippen molar-refractivity contribution >= 4 is 21.6 Å². The van der Waals surface area contributed by atoms with Gasteiger partial charge in [-0.2, -0.15) is 4.72 Å². The molecule has 4 aromatic rings. The number of carbonyl (C=O) groups is 1. The van der Waals surface area contributed by atoms with Crippen LogP contribution < -0.4 is 25.2 Å². The number of nitrogens with zero attached hydrogens (tertiary/aromatic N) is 1. The second kappa shape index (κ2) is 12.3. The molecule has 0 saturated carbocycles. The molecule has 4 N–H and O–H groups in total. The van der Waals surface area contributed by atoms with Crippen LogP contribution >= 0.6 is 0 Å². The molecule has 1 amide bonds. The average Bonchev–Trinajstić information content (AvgIpc) is 2.95. The molecule has 10 heteroatoms. The van der Waals surface area contributed by atoms with Gasteiger partial charge in [0.25, 0.3) is 0 Å². The number of ether oxygens (including phenoxy) is 2. The van der Waals surface area contributed by atoms with Crippen LogP contribution in [0.5, 0.6) is 11.6 Å². The molecule has 1 heterocycles. The Kier molecular flexibility index (Phi) is 8.70. The topological polar surface area (TPSA) is 133 Å². The van der Waals surface area contributed by atoms with Gasteiger partial charge in [0.2, 0.25) is 21.8 Å². The second-order valence-corrected chi connectivity index (χ2v) is 9.98. The molecule has 38 heavy (non-hydrogen) atoms. The number of methoxy groups -OCH3 is 1. The van der Waals surface area contributed by atoms with Crippen LogP contribution in [0.1, 0.15) is 22.7 Å². The molecule has 0 bridgehead atoms. The van der Waals surface area contributed by atoms with E-state index in [1.807, 2.05) is 36.4 Å². The molecule has 196 valence electrons. The zero-order valence-corrected chi connectivity index (χ0v) is 21.5. The van der Waals surface area contributed by atoms with Crippen LogP contribution in [0, 0.1) is 0 Å². The molecule has 0 aliphatic rings. The first-order chi connectivity index (χ1) is 18.4. The highest BCUT2D eigenvalue weighted by Gasteiger charge is 2.30. The highest BCUT2D eigenvalue weighted by atomic mass is 32.2. The SMILES string of the molecule is COc1ncccc1S(=O)(=O)N[C@H](C(=O)Nc1cccc(CN)c1)c1ccc(OCc2ccccc2)cc1. The molecule has 9 nitrogen and oxygen atoms in total. The Labute approximate surface area is 221 Å². The molecule has 0 spiro atoms. The number of pyridine rings is 1. The summed E-state index contributed by atoms with van der Waals surface area (Å²) in [6, 6.07) is 24.9. The van der Waals surface area contributed by atoms with E-state index in [-0.39, 0.29) is 10.8 Å². The minimum atomic E-state index is -4.21. The van der Waals surface area contributed by atoms with E-state index in [1.165, 1.54) is 25.4 Å². The lowest BCUT2D eigenvalue weighted by Crippen LogP contribution is -2.37. The summed E-state index contributed by atoms with van der Waals surface area (Å²) in [6.45, 7) is 0.667. The zero-order valence-electron chi connectivity index (χ0n) is 20.7. The third-order valence-electron chi connectivity index (χ3n) is 5.65. The lowest BCUT2D eigenvalue weighted by atomic mass is 10.1. The summed E-state index contributed by atoms with van der Waals surface area (Å²) in [5.41, 5.74) is 8.45. The molecule has 4 rings (SSSR count). The standard InChI is InChI=1S/C28H28N4O5S/c1-36-28-25(11-6-16-30-28)38(34,35)32-26(27(33)31-23-10-5-9-21(17-23)18-29)22-12-14-24(15-13-22)37-19-20-7-3-2-4-8-20/h2-17,26,32H,18-19,29H2,1H3,(H,31,33)/t26-/m0/s1. The Bertz CT molecular complexity index is 1480. The first kappa shape index (κ1) is 26.8. The highest BCUT2D eigenvalue weighted by Crippen LogP contribution is 2.26. The number of hydrogen-bond donors (Lipinski definition) is 3. The number of rotatable bonds is 11. The Morgan fingerprint density at radius 2 is 1.68 bits per heavy atom. The van der Waals surface area contributed by atoms with Gasteiger partial charge in [0, 0.05) is 18.4 Å². The third-order valence-corrected chi connectivity index (χ3v) is 7.08. The predicted molar refractivity (Wildman–Crippen MR) is 144 cm³/mol. The van der Waals surface area contributed by atoms with Gasteiger partial charge in [-0.3, -0.25) is 4.79 Å². The Morgan fingerprint density at radius 3 is 2.39 bits per heavy atom. The Balaban J connectivity index is 1.61. The fraction of sp³-hybridized carbons (Fsp3) is 0.143. The van der Waals surface area contributed by atoms with Gasteiger partial charge in [-0.1, -0.05) is 54.6 Å². The molecule has 1 atom stereocenters.